The van der Waals surface area contributed by atoms with Crippen molar-refractivity contribution in [2.45, 2.75) is 32.7 Å². The third-order valence-corrected chi connectivity index (χ3v) is 4.88. The molecule has 1 amide bonds. The minimum absolute atomic E-state index is 0.0611. The summed E-state index contributed by atoms with van der Waals surface area (Å²) in [6, 6.07) is 6.35. The first-order valence-corrected chi connectivity index (χ1v) is 8.84. The number of carboxylic acids is 1. The summed E-state index contributed by atoms with van der Waals surface area (Å²) in [4.78, 5) is 22.9. The highest BCUT2D eigenvalue weighted by atomic mass is 32.2. The summed E-state index contributed by atoms with van der Waals surface area (Å²) in [5.74, 6) is -2.43. The second kappa shape index (κ2) is 7.93. The zero-order valence-electron chi connectivity index (χ0n) is 12.7. The van der Waals surface area contributed by atoms with E-state index in [0.29, 0.717) is 12.0 Å². The second-order valence-corrected chi connectivity index (χ2v) is 7.35. The molecule has 0 aliphatic heterocycles. The average Bonchev–Trinajstić information content (AvgIpc) is 2.36. The predicted octanol–water partition coefficient (Wildman–Crippen LogP) is 1.45. The molecule has 122 valence electrons. The van der Waals surface area contributed by atoms with Gasteiger partial charge in [-0.1, -0.05) is 31.2 Å². The topological polar surface area (TPSA) is 101 Å². The van der Waals surface area contributed by atoms with E-state index < -0.39 is 33.5 Å². The summed E-state index contributed by atoms with van der Waals surface area (Å²) < 4.78 is 23.3. The highest BCUT2D eigenvalue weighted by molar-refractivity contribution is 7.92. The maximum atomic E-state index is 11.9. The van der Waals surface area contributed by atoms with Gasteiger partial charge in [-0.05, 0) is 24.5 Å². The van der Waals surface area contributed by atoms with Crippen LogP contribution in [-0.4, -0.2) is 36.9 Å². The Labute approximate surface area is 130 Å². The van der Waals surface area contributed by atoms with Crippen LogP contribution < -0.4 is 5.32 Å². The summed E-state index contributed by atoms with van der Waals surface area (Å²) in [5.41, 5.74) is 1.51. The molecule has 0 bridgehead atoms. The third kappa shape index (κ3) is 5.85. The van der Waals surface area contributed by atoms with Crippen molar-refractivity contribution in [3.8, 4) is 0 Å². The van der Waals surface area contributed by atoms with E-state index in [9.17, 15) is 18.0 Å². The highest BCUT2D eigenvalue weighted by Gasteiger charge is 2.22. The summed E-state index contributed by atoms with van der Waals surface area (Å²) in [6.45, 7) is 3.53. The van der Waals surface area contributed by atoms with Crippen LogP contribution in [0.2, 0.25) is 0 Å². The lowest BCUT2D eigenvalue weighted by Crippen LogP contribution is -2.35. The number of sulfone groups is 1. The zero-order chi connectivity index (χ0) is 16.8. The van der Waals surface area contributed by atoms with Crippen molar-refractivity contribution in [2.24, 2.45) is 0 Å². The number of hydrogen-bond acceptors (Lipinski definition) is 4. The van der Waals surface area contributed by atoms with Crippen LogP contribution in [0.5, 0.6) is 0 Å². The average molecular weight is 327 g/mol. The van der Waals surface area contributed by atoms with Crippen LogP contribution in [0.3, 0.4) is 0 Å². The van der Waals surface area contributed by atoms with Crippen molar-refractivity contribution in [3.63, 3.8) is 0 Å². The number of hydrogen-bond donors (Lipinski definition) is 2. The van der Waals surface area contributed by atoms with Crippen molar-refractivity contribution in [3.05, 3.63) is 35.4 Å². The Morgan fingerprint density at radius 3 is 2.45 bits per heavy atom. The molecule has 0 radical (unpaired) electrons. The van der Waals surface area contributed by atoms with Crippen molar-refractivity contribution >= 4 is 21.7 Å². The maximum Gasteiger partial charge on any atom is 0.305 e. The summed E-state index contributed by atoms with van der Waals surface area (Å²) in [5, 5.41) is 11.5. The number of aryl methyl sites for hydroxylation is 1. The summed E-state index contributed by atoms with van der Waals surface area (Å²) in [6.07, 6.45) is 0.135. The van der Waals surface area contributed by atoms with Gasteiger partial charge in [-0.25, -0.2) is 8.42 Å². The molecule has 1 atom stereocenters. The lowest BCUT2D eigenvalue weighted by atomic mass is 9.99. The quantitative estimate of drug-likeness (QED) is 0.752. The lowest BCUT2D eigenvalue weighted by Gasteiger charge is -2.19. The molecule has 6 nitrogen and oxygen atoms in total. The van der Waals surface area contributed by atoms with E-state index in [1.54, 1.807) is 19.1 Å². The third-order valence-electron chi connectivity index (χ3n) is 3.14. The minimum atomic E-state index is -3.46. The molecule has 2 N–H and O–H groups in total. The highest BCUT2D eigenvalue weighted by Crippen LogP contribution is 2.20. The van der Waals surface area contributed by atoms with E-state index >= 15 is 0 Å². The monoisotopic (exact) mass is 327 g/mol. The molecular formula is C15H21NO5S. The molecule has 0 saturated carbocycles. The van der Waals surface area contributed by atoms with Crippen molar-refractivity contribution in [1.82, 2.24) is 5.32 Å². The number of carboxylic acid groups (broad SMARTS) is 1. The minimum Gasteiger partial charge on any atom is -0.481 e. The molecule has 0 heterocycles. The molecular weight excluding hydrogens is 306 g/mol. The van der Waals surface area contributed by atoms with Crippen molar-refractivity contribution < 1.29 is 23.1 Å². The molecule has 0 spiro atoms. The van der Waals surface area contributed by atoms with Gasteiger partial charge in [-0.15, -0.1) is 0 Å². The summed E-state index contributed by atoms with van der Waals surface area (Å²) in [7, 11) is -3.46. The molecule has 22 heavy (non-hydrogen) atoms. The largest absolute Gasteiger partial charge is 0.481 e. The molecule has 0 aliphatic rings. The number of rotatable bonds is 8. The van der Waals surface area contributed by atoms with E-state index in [0.717, 1.165) is 5.56 Å². The van der Waals surface area contributed by atoms with E-state index in [2.05, 4.69) is 5.32 Å². The normalized spacial score (nSPS) is 12.6. The molecule has 0 aromatic heterocycles. The molecule has 1 rings (SSSR count). The van der Waals surface area contributed by atoms with Gasteiger partial charge >= 0.3 is 5.97 Å². The van der Waals surface area contributed by atoms with Gasteiger partial charge in [-0.3, -0.25) is 9.59 Å². The number of carbonyl (C=O) groups is 2. The van der Waals surface area contributed by atoms with Gasteiger partial charge in [0.2, 0.25) is 5.91 Å². The van der Waals surface area contributed by atoms with E-state index in [4.69, 9.17) is 5.11 Å². The smallest absolute Gasteiger partial charge is 0.305 e. The lowest BCUT2D eigenvalue weighted by molar-refractivity contribution is -0.137. The second-order valence-electron chi connectivity index (χ2n) is 5.17. The van der Waals surface area contributed by atoms with E-state index in [-0.39, 0.29) is 12.2 Å². The Morgan fingerprint density at radius 2 is 1.91 bits per heavy atom. The fraction of sp³-hybridized carbons (Fsp3) is 0.467. The Morgan fingerprint density at radius 1 is 1.27 bits per heavy atom. The van der Waals surface area contributed by atoms with Crippen LogP contribution in [-0.2, 0) is 19.4 Å². The van der Waals surface area contributed by atoms with Gasteiger partial charge in [-0.2, -0.15) is 0 Å². The predicted molar refractivity (Wildman–Crippen MR) is 83.3 cm³/mol. The SMILES string of the molecule is CCCS(=O)(=O)CC(=O)NC(CC(=O)O)c1ccccc1C. The first kappa shape index (κ1) is 18.2. The van der Waals surface area contributed by atoms with E-state index in [1.807, 2.05) is 19.1 Å². The van der Waals surface area contributed by atoms with Gasteiger partial charge in [0.05, 0.1) is 18.2 Å². The molecule has 0 aliphatic carbocycles. The van der Waals surface area contributed by atoms with Crippen LogP contribution in [0, 0.1) is 6.92 Å². The Kier molecular flexibility index (Phi) is 6.55. The Bertz CT molecular complexity index is 639. The first-order chi connectivity index (χ1) is 10.2. The van der Waals surface area contributed by atoms with Gasteiger partial charge in [0, 0.05) is 0 Å². The molecule has 0 saturated heterocycles. The van der Waals surface area contributed by atoms with E-state index in [1.165, 1.54) is 0 Å². The van der Waals surface area contributed by atoms with Crippen molar-refractivity contribution in [1.29, 1.82) is 0 Å². The van der Waals surface area contributed by atoms with Crippen LogP contribution >= 0.6 is 0 Å². The zero-order valence-corrected chi connectivity index (χ0v) is 13.5. The standard InChI is InChI=1S/C15H21NO5S/c1-3-8-22(20,21)10-14(17)16-13(9-15(18)19)12-7-5-4-6-11(12)2/h4-7,13H,3,8-10H2,1-2H3,(H,16,17)(H,18,19). The molecule has 1 aromatic rings. The van der Waals surface area contributed by atoms with Crippen LogP contribution in [0.15, 0.2) is 24.3 Å². The van der Waals surface area contributed by atoms with Gasteiger partial charge < -0.3 is 10.4 Å². The van der Waals surface area contributed by atoms with Crippen LogP contribution in [0.25, 0.3) is 0 Å². The van der Waals surface area contributed by atoms with Crippen LogP contribution in [0.4, 0.5) is 0 Å². The van der Waals surface area contributed by atoms with Gasteiger partial charge in [0.15, 0.2) is 9.84 Å². The number of aliphatic carboxylic acids is 1. The number of carbonyl (C=O) groups excluding carboxylic acids is 1. The number of benzene rings is 1. The Balaban J connectivity index is 2.89. The molecule has 7 heteroatoms. The number of nitrogens with one attached hydrogen (secondary N) is 1. The van der Waals surface area contributed by atoms with Gasteiger partial charge in [0.1, 0.15) is 5.75 Å². The van der Waals surface area contributed by atoms with Gasteiger partial charge in [0.25, 0.3) is 0 Å². The molecule has 1 aromatic carbocycles. The maximum absolute atomic E-state index is 11.9. The fourth-order valence-electron chi connectivity index (χ4n) is 2.21. The first-order valence-electron chi connectivity index (χ1n) is 7.02. The number of amides is 1. The van der Waals surface area contributed by atoms with Crippen molar-refractivity contribution in [2.75, 3.05) is 11.5 Å². The fourth-order valence-corrected chi connectivity index (χ4v) is 3.46. The van der Waals surface area contributed by atoms with Crippen LogP contribution in [0.1, 0.15) is 36.9 Å². The molecule has 1 unspecified atom stereocenters. The summed E-state index contributed by atoms with van der Waals surface area (Å²) >= 11 is 0. The molecule has 0 fully saturated rings. The Hall–Kier alpha value is -1.89.